The first kappa shape index (κ1) is 14.5. The Hall–Kier alpha value is -2.89. The highest BCUT2D eigenvalue weighted by atomic mass is 16.6. The molecule has 0 amide bonds. The number of carboxylic acids is 1. The van der Waals surface area contributed by atoms with Gasteiger partial charge in [0, 0.05) is 12.1 Å². The van der Waals surface area contributed by atoms with Crippen LogP contribution >= 0.6 is 0 Å². The molecule has 2 aromatic carbocycles. The second kappa shape index (κ2) is 5.62. The van der Waals surface area contributed by atoms with Gasteiger partial charge >= 0.3 is 11.7 Å². The molecule has 0 heterocycles. The first-order valence-electron chi connectivity index (χ1n) is 6.16. The van der Waals surface area contributed by atoms with Crippen LogP contribution in [0.2, 0.25) is 0 Å². The number of carbonyl (C=O) groups is 1. The van der Waals surface area contributed by atoms with Gasteiger partial charge in [-0.15, -0.1) is 0 Å². The van der Waals surface area contributed by atoms with Gasteiger partial charge in [0.05, 0.1) is 10.5 Å². The highest BCUT2D eigenvalue weighted by Gasteiger charge is 2.19. The fourth-order valence-corrected chi connectivity index (χ4v) is 1.83. The third kappa shape index (κ3) is 3.00. The quantitative estimate of drug-likeness (QED) is 0.684. The summed E-state index contributed by atoms with van der Waals surface area (Å²) in [5.74, 6) is -0.801. The van der Waals surface area contributed by atoms with Crippen LogP contribution in [-0.2, 0) is 0 Å². The molecular weight excluding hydrogens is 274 g/mol. The van der Waals surface area contributed by atoms with E-state index in [1.807, 2.05) is 19.9 Å². The molecule has 6 heteroatoms. The number of rotatable bonds is 4. The Bertz CT molecular complexity index is 724. The van der Waals surface area contributed by atoms with E-state index in [1.54, 1.807) is 12.1 Å². The maximum absolute atomic E-state index is 11.0. The summed E-state index contributed by atoms with van der Waals surface area (Å²) >= 11 is 0. The fraction of sp³-hybridized carbons (Fsp3) is 0.133. The summed E-state index contributed by atoms with van der Waals surface area (Å²) < 4.78 is 5.57. The molecule has 2 rings (SSSR count). The second-order valence-corrected chi connectivity index (χ2v) is 4.54. The van der Waals surface area contributed by atoms with Crippen LogP contribution in [0, 0.1) is 24.0 Å². The lowest BCUT2D eigenvalue weighted by molar-refractivity contribution is -0.385. The van der Waals surface area contributed by atoms with Gasteiger partial charge in [0.25, 0.3) is 0 Å². The van der Waals surface area contributed by atoms with Crippen molar-refractivity contribution in [3.8, 4) is 11.5 Å². The number of nitro groups is 1. The van der Waals surface area contributed by atoms with E-state index in [-0.39, 0.29) is 17.0 Å². The van der Waals surface area contributed by atoms with E-state index >= 15 is 0 Å². The fourth-order valence-electron chi connectivity index (χ4n) is 1.83. The zero-order chi connectivity index (χ0) is 15.6. The summed E-state index contributed by atoms with van der Waals surface area (Å²) in [5.41, 5.74) is 1.47. The van der Waals surface area contributed by atoms with Gasteiger partial charge in [0.15, 0.2) is 0 Å². The molecule has 0 atom stereocenters. The molecule has 0 saturated carbocycles. The zero-order valence-corrected chi connectivity index (χ0v) is 11.5. The van der Waals surface area contributed by atoms with E-state index in [4.69, 9.17) is 9.84 Å². The second-order valence-electron chi connectivity index (χ2n) is 4.54. The standard InChI is InChI=1S/C15H13NO5/c1-9-4-3-5-13(10(9)2)21-14-8-11(15(17)18)6-7-12(14)16(19)20/h3-8H,1-2H3,(H,17,18). The number of benzene rings is 2. The van der Waals surface area contributed by atoms with Crippen molar-refractivity contribution in [2.75, 3.05) is 0 Å². The van der Waals surface area contributed by atoms with Crippen molar-refractivity contribution in [2.45, 2.75) is 13.8 Å². The molecule has 0 fully saturated rings. The average Bonchev–Trinajstić information content (AvgIpc) is 2.43. The Morgan fingerprint density at radius 3 is 2.52 bits per heavy atom. The smallest absolute Gasteiger partial charge is 0.335 e. The summed E-state index contributed by atoms with van der Waals surface area (Å²) in [6.07, 6.45) is 0. The molecular formula is C15H13NO5. The largest absolute Gasteiger partial charge is 0.478 e. The SMILES string of the molecule is Cc1cccc(Oc2cc(C(=O)O)ccc2[N+](=O)[O-])c1C. The highest BCUT2D eigenvalue weighted by molar-refractivity contribution is 5.88. The molecule has 0 spiro atoms. The number of hydrogen-bond donors (Lipinski definition) is 1. The molecule has 0 aliphatic heterocycles. The minimum Gasteiger partial charge on any atom is -0.478 e. The lowest BCUT2D eigenvalue weighted by Crippen LogP contribution is -2.00. The van der Waals surface area contributed by atoms with Crippen molar-refractivity contribution in [2.24, 2.45) is 0 Å². The Labute approximate surface area is 120 Å². The first-order chi connectivity index (χ1) is 9.90. The van der Waals surface area contributed by atoms with Gasteiger partial charge in [-0.05, 0) is 37.1 Å². The molecule has 0 saturated heterocycles. The predicted molar refractivity (Wildman–Crippen MR) is 76.0 cm³/mol. The number of aromatic carboxylic acids is 1. The summed E-state index contributed by atoms with van der Waals surface area (Å²) in [5, 5.41) is 20.0. The van der Waals surface area contributed by atoms with Gasteiger partial charge in [-0.25, -0.2) is 4.79 Å². The van der Waals surface area contributed by atoms with Gasteiger partial charge in [-0.2, -0.15) is 0 Å². The molecule has 0 aliphatic rings. The zero-order valence-electron chi connectivity index (χ0n) is 11.5. The lowest BCUT2D eigenvalue weighted by Gasteiger charge is -2.11. The summed E-state index contributed by atoms with van der Waals surface area (Å²) in [6.45, 7) is 3.72. The Morgan fingerprint density at radius 2 is 1.90 bits per heavy atom. The van der Waals surface area contributed by atoms with Crippen molar-refractivity contribution in [1.29, 1.82) is 0 Å². The topological polar surface area (TPSA) is 89.7 Å². The molecule has 1 N–H and O–H groups in total. The number of carboxylic acid groups (broad SMARTS) is 1. The van der Waals surface area contributed by atoms with E-state index in [9.17, 15) is 14.9 Å². The molecule has 0 unspecified atom stereocenters. The number of nitro benzene ring substituents is 1. The third-order valence-electron chi connectivity index (χ3n) is 3.18. The number of nitrogens with zero attached hydrogens (tertiary/aromatic N) is 1. The first-order valence-corrected chi connectivity index (χ1v) is 6.16. The molecule has 6 nitrogen and oxygen atoms in total. The molecule has 21 heavy (non-hydrogen) atoms. The number of aryl methyl sites for hydroxylation is 1. The number of hydrogen-bond acceptors (Lipinski definition) is 4. The van der Waals surface area contributed by atoms with Gasteiger partial charge < -0.3 is 9.84 Å². The van der Waals surface area contributed by atoms with Crippen molar-refractivity contribution in [1.82, 2.24) is 0 Å². The van der Waals surface area contributed by atoms with Crippen LogP contribution in [0.15, 0.2) is 36.4 Å². The van der Waals surface area contributed by atoms with E-state index in [0.717, 1.165) is 23.3 Å². The van der Waals surface area contributed by atoms with Gasteiger partial charge in [0.1, 0.15) is 5.75 Å². The van der Waals surface area contributed by atoms with E-state index in [2.05, 4.69) is 0 Å². The van der Waals surface area contributed by atoms with Crippen LogP contribution in [0.5, 0.6) is 11.5 Å². The monoisotopic (exact) mass is 287 g/mol. The maximum atomic E-state index is 11.0. The lowest BCUT2D eigenvalue weighted by atomic mass is 10.1. The minimum absolute atomic E-state index is 0.0686. The molecule has 108 valence electrons. The summed E-state index contributed by atoms with van der Waals surface area (Å²) in [4.78, 5) is 21.4. The van der Waals surface area contributed by atoms with Crippen molar-refractivity contribution in [3.63, 3.8) is 0 Å². The van der Waals surface area contributed by atoms with Gasteiger partial charge in [-0.3, -0.25) is 10.1 Å². The van der Waals surface area contributed by atoms with E-state index in [0.29, 0.717) is 5.75 Å². The van der Waals surface area contributed by atoms with Crippen LogP contribution in [0.1, 0.15) is 21.5 Å². The molecule has 0 aliphatic carbocycles. The van der Waals surface area contributed by atoms with Crippen LogP contribution in [0.25, 0.3) is 0 Å². The van der Waals surface area contributed by atoms with Crippen molar-refractivity contribution < 1.29 is 19.6 Å². The normalized spacial score (nSPS) is 10.2. The highest BCUT2D eigenvalue weighted by Crippen LogP contribution is 2.34. The Kier molecular flexibility index (Phi) is 3.89. The van der Waals surface area contributed by atoms with Crippen molar-refractivity contribution in [3.05, 3.63) is 63.2 Å². The predicted octanol–water partition coefficient (Wildman–Crippen LogP) is 3.70. The molecule has 0 bridgehead atoms. The third-order valence-corrected chi connectivity index (χ3v) is 3.18. The maximum Gasteiger partial charge on any atom is 0.335 e. The van der Waals surface area contributed by atoms with Crippen molar-refractivity contribution >= 4 is 11.7 Å². The van der Waals surface area contributed by atoms with E-state index < -0.39 is 10.9 Å². The molecule has 2 aromatic rings. The van der Waals surface area contributed by atoms with Crippen LogP contribution in [0.4, 0.5) is 5.69 Å². The van der Waals surface area contributed by atoms with Crippen LogP contribution < -0.4 is 4.74 Å². The molecule has 0 radical (unpaired) electrons. The Morgan fingerprint density at radius 1 is 1.19 bits per heavy atom. The van der Waals surface area contributed by atoms with Crippen LogP contribution in [0.3, 0.4) is 0 Å². The van der Waals surface area contributed by atoms with Gasteiger partial charge in [-0.1, -0.05) is 12.1 Å². The van der Waals surface area contributed by atoms with E-state index in [1.165, 1.54) is 6.07 Å². The summed E-state index contributed by atoms with van der Waals surface area (Å²) in [7, 11) is 0. The summed E-state index contributed by atoms with van der Waals surface area (Å²) in [6, 6.07) is 8.80. The Balaban J connectivity index is 2.51. The van der Waals surface area contributed by atoms with Gasteiger partial charge in [0.2, 0.25) is 5.75 Å². The number of ether oxygens (including phenoxy) is 1. The average molecular weight is 287 g/mol. The molecule has 0 aromatic heterocycles. The van der Waals surface area contributed by atoms with Crippen LogP contribution in [-0.4, -0.2) is 16.0 Å². The minimum atomic E-state index is -1.17.